The van der Waals surface area contributed by atoms with Crippen LogP contribution in [0.3, 0.4) is 0 Å². The van der Waals surface area contributed by atoms with Crippen molar-refractivity contribution in [2.45, 2.75) is 26.2 Å². The third kappa shape index (κ3) is 4.89. The molecule has 0 atom stereocenters. The molecule has 134 valence electrons. The summed E-state index contributed by atoms with van der Waals surface area (Å²) < 4.78 is 6.20. The molecule has 0 aliphatic carbocycles. The molecule has 1 N–H and O–H groups in total. The summed E-state index contributed by atoms with van der Waals surface area (Å²) in [6.45, 7) is 1.64. The van der Waals surface area contributed by atoms with Gasteiger partial charge in [-0.25, -0.2) is 4.98 Å². The Morgan fingerprint density at radius 1 is 1.12 bits per heavy atom. The number of benzene rings is 2. The smallest absolute Gasteiger partial charge is 0.306 e. The van der Waals surface area contributed by atoms with Crippen LogP contribution in [0.4, 0.5) is 5.69 Å². The standard InChI is InChI=1S/C20H20N2O3S/c1-14-7-2-3-8-15(14)21-18(23)13-25-20(24)12-6-11-19-22-16-9-4-5-10-17(16)26-19/h2-5,7-10H,6,11-13H2,1H3,(H,21,23). The second-order valence-electron chi connectivity index (χ2n) is 5.95. The van der Waals surface area contributed by atoms with E-state index >= 15 is 0 Å². The summed E-state index contributed by atoms with van der Waals surface area (Å²) in [5.74, 6) is -0.704. The third-order valence-corrected chi connectivity index (χ3v) is 4.99. The summed E-state index contributed by atoms with van der Waals surface area (Å²) in [6, 6.07) is 15.4. The number of aromatic nitrogens is 1. The number of carbonyl (C=O) groups is 2. The Bertz CT molecular complexity index is 887. The quantitative estimate of drug-likeness (QED) is 0.637. The minimum Gasteiger partial charge on any atom is -0.456 e. The maximum absolute atomic E-state index is 11.9. The first-order chi connectivity index (χ1) is 12.6. The number of anilines is 1. The SMILES string of the molecule is Cc1ccccc1NC(=O)COC(=O)CCCc1nc2ccccc2s1. The molecule has 0 fully saturated rings. The zero-order valence-corrected chi connectivity index (χ0v) is 15.3. The third-order valence-electron chi connectivity index (χ3n) is 3.89. The van der Waals surface area contributed by atoms with Crippen molar-refractivity contribution in [2.75, 3.05) is 11.9 Å². The van der Waals surface area contributed by atoms with Crippen molar-refractivity contribution in [1.29, 1.82) is 0 Å². The van der Waals surface area contributed by atoms with E-state index < -0.39 is 0 Å². The van der Waals surface area contributed by atoms with Crippen molar-refractivity contribution in [3.05, 3.63) is 59.1 Å². The molecule has 0 unspecified atom stereocenters. The molecule has 0 aliphatic rings. The van der Waals surface area contributed by atoms with Crippen LogP contribution in [0.5, 0.6) is 0 Å². The highest BCUT2D eigenvalue weighted by Crippen LogP contribution is 2.22. The summed E-state index contributed by atoms with van der Waals surface area (Å²) in [6.07, 6.45) is 1.65. The molecule has 0 bridgehead atoms. The Labute approximate surface area is 156 Å². The Kier molecular flexibility index (Phi) is 5.96. The summed E-state index contributed by atoms with van der Waals surface area (Å²) >= 11 is 1.64. The van der Waals surface area contributed by atoms with Crippen molar-refractivity contribution in [2.24, 2.45) is 0 Å². The van der Waals surface area contributed by atoms with Gasteiger partial charge in [-0.2, -0.15) is 0 Å². The van der Waals surface area contributed by atoms with E-state index in [2.05, 4.69) is 10.3 Å². The molecule has 1 aromatic heterocycles. The minimum atomic E-state index is -0.369. The molecular weight excluding hydrogens is 348 g/mol. The van der Waals surface area contributed by atoms with Gasteiger partial charge in [0, 0.05) is 12.1 Å². The van der Waals surface area contributed by atoms with E-state index in [4.69, 9.17) is 4.74 Å². The van der Waals surface area contributed by atoms with Crippen LogP contribution in [-0.2, 0) is 20.7 Å². The van der Waals surface area contributed by atoms with E-state index in [9.17, 15) is 9.59 Å². The lowest BCUT2D eigenvalue weighted by Gasteiger charge is -2.08. The van der Waals surface area contributed by atoms with Gasteiger partial charge < -0.3 is 10.1 Å². The van der Waals surface area contributed by atoms with Crippen LogP contribution >= 0.6 is 11.3 Å². The first-order valence-corrected chi connectivity index (χ1v) is 9.29. The first-order valence-electron chi connectivity index (χ1n) is 8.47. The minimum absolute atomic E-state index is 0.270. The molecule has 2 aromatic carbocycles. The molecule has 0 spiro atoms. The first kappa shape index (κ1) is 18.1. The number of fused-ring (bicyclic) bond motifs is 1. The highest BCUT2D eigenvalue weighted by atomic mass is 32.1. The van der Waals surface area contributed by atoms with Crippen LogP contribution in [0.2, 0.25) is 0 Å². The van der Waals surface area contributed by atoms with Gasteiger partial charge in [-0.1, -0.05) is 30.3 Å². The largest absolute Gasteiger partial charge is 0.456 e. The van der Waals surface area contributed by atoms with E-state index in [0.717, 1.165) is 32.9 Å². The van der Waals surface area contributed by atoms with Gasteiger partial charge in [-0.15, -0.1) is 11.3 Å². The molecule has 0 aliphatic heterocycles. The lowest BCUT2D eigenvalue weighted by atomic mass is 10.2. The Morgan fingerprint density at radius 3 is 2.69 bits per heavy atom. The van der Waals surface area contributed by atoms with Crippen LogP contribution in [0.25, 0.3) is 10.2 Å². The van der Waals surface area contributed by atoms with Crippen LogP contribution in [0.1, 0.15) is 23.4 Å². The molecule has 3 rings (SSSR count). The van der Waals surface area contributed by atoms with Crippen molar-refractivity contribution >= 4 is 39.1 Å². The fraction of sp³-hybridized carbons (Fsp3) is 0.250. The number of hydrogen-bond acceptors (Lipinski definition) is 5. The van der Waals surface area contributed by atoms with E-state index in [1.807, 2.05) is 55.5 Å². The second-order valence-corrected chi connectivity index (χ2v) is 7.07. The molecule has 1 amide bonds. The number of para-hydroxylation sites is 2. The number of nitrogens with one attached hydrogen (secondary N) is 1. The summed E-state index contributed by atoms with van der Waals surface area (Å²) in [4.78, 5) is 28.2. The molecular formula is C20H20N2O3S. The number of hydrogen-bond donors (Lipinski definition) is 1. The van der Waals surface area contributed by atoms with Crippen molar-refractivity contribution < 1.29 is 14.3 Å². The summed E-state index contributed by atoms with van der Waals surface area (Å²) in [7, 11) is 0. The van der Waals surface area contributed by atoms with Crippen molar-refractivity contribution in [3.8, 4) is 0 Å². The maximum atomic E-state index is 11.9. The van der Waals surface area contributed by atoms with Gasteiger partial charge in [-0.05, 0) is 43.5 Å². The second kappa shape index (κ2) is 8.58. The number of esters is 1. The molecule has 0 saturated heterocycles. The fourth-order valence-corrected chi connectivity index (χ4v) is 3.54. The Hall–Kier alpha value is -2.73. The van der Waals surface area contributed by atoms with Crippen LogP contribution in [-0.4, -0.2) is 23.5 Å². The van der Waals surface area contributed by atoms with Crippen LogP contribution < -0.4 is 5.32 Å². The molecule has 1 heterocycles. The highest BCUT2D eigenvalue weighted by molar-refractivity contribution is 7.18. The van der Waals surface area contributed by atoms with Gasteiger partial charge in [0.1, 0.15) is 0 Å². The lowest BCUT2D eigenvalue weighted by Crippen LogP contribution is -2.21. The van der Waals surface area contributed by atoms with Gasteiger partial charge in [-0.3, -0.25) is 9.59 Å². The number of thiazole rings is 1. The highest BCUT2D eigenvalue weighted by Gasteiger charge is 2.10. The fourth-order valence-electron chi connectivity index (χ4n) is 2.53. The average Bonchev–Trinajstić information content (AvgIpc) is 3.05. The lowest BCUT2D eigenvalue weighted by molar-refractivity contribution is -0.147. The Balaban J connectivity index is 1.38. The zero-order chi connectivity index (χ0) is 18.4. The Morgan fingerprint density at radius 2 is 1.88 bits per heavy atom. The van der Waals surface area contributed by atoms with Gasteiger partial charge in [0.05, 0.1) is 15.2 Å². The molecule has 3 aromatic rings. The number of rotatable bonds is 7. The topological polar surface area (TPSA) is 68.3 Å². The van der Waals surface area contributed by atoms with E-state index in [-0.39, 0.29) is 24.9 Å². The number of ether oxygens (including phenoxy) is 1. The van der Waals surface area contributed by atoms with Gasteiger partial charge >= 0.3 is 5.97 Å². The predicted octanol–water partition coefficient (Wildman–Crippen LogP) is 4.11. The number of carbonyl (C=O) groups excluding carboxylic acids is 2. The molecule has 0 radical (unpaired) electrons. The van der Waals surface area contributed by atoms with E-state index in [1.165, 1.54) is 0 Å². The normalized spacial score (nSPS) is 10.7. The summed E-state index contributed by atoms with van der Waals surface area (Å²) in [5, 5.41) is 3.75. The van der Waals surface area contributed by atoms with Gasteiger partial charge in [0.2, 0.25) is 0 Å². The summed E-state index contributed by atoms with van der Waals surface area (Å²) in [5.41, 5.74) is 2.68. The molecule has 6 heteroatoms. The number of amides is 1. The van der Waals surface area contributed by atoms with Crippen molar-refractivity contribution in [1.82, 2.24) is 4.98 Å². The average molecular weight is 368 g/mol. The number of aryl methyl sites for hydroxylation is 2. The number of nitrogens with zero attached hydrogens (tertiary/aromatic N) is 1. The predicted molar refractivity (Wildman–Crippen MR) is 103 cm³/mol. The monoisotopic (exact) mass is 368 g/mol. The van der Waals surface area contributed by atoms with Crippen LogP contribution in [0.15, 0.2) is 48.5 Å². The van der Waals surface area contributed by atoms with E-state index in [0.29, 0.717) is 6.42 Å². The van der Waals surface area contributed by atoms with Gasteiger partial charge in [0.15, 0.2) is 6.61 Å². The van der Waals surface area contributed by atoms with Crippen LogP contribution in [0, 0.1) is 6.92 Å². The zero-order valence-electron chi connectivity index (χ0n) is 14.5. The maximum Gasteiger partial charge on any atom is 0.306 e. The van der Waals surface area contributed by atoms with Gasteiger partial charge in [0.25, 0.3) is 5.91 Å². The molecule has 5 nitrogen and oxygen atoms in total. The molecule has 26 heavy (non-hydrogen) atoms. The van der Waals surface area contributed by atoms with E-state index in [1.54, 1.807) is 11.3 Å². The molecule has 0 saturated carbocycles. The van der Waals surface area contributed by atoms with Crippen molar-refractivity contribution in [3.63, 3.8) is 0 Å².